The molecule has 0 aliphatic carbocycles. The number of nitrogens with zero attached hydrogens (tertiary/aromatic N) is 2. The molecular weight excluding hydrogens is 363 g/mol. The lowest BCUT2D eigenvalue weighted by atomic mass is 10.1. The van der Waals surface area contributed by atoms with Crippen molar-refractivity contribution in [1.82, 2.24) is 9.78 Å². The predicted octanol–water partition coefficient (Wildman–Crippen LogP) is 1.96. The summed E-state index contributed by atoms with van der Waals surface area (Å²) in [6, 6.07) is 13.6. The van der Waals surface area contributed by atoms with Gasteiger partial charge in [-0.3, -0.25) is 14.4 Å². The van der Waals surface area contributed by atoms with Crippen LogP contribution in [0.15, 0.2) is 59.4 Å². The van der Waals surface area contributed by atoms with Crippen LogP contribution in [0.25, 0.3) is 5.69 Å². The van der Waals surface area contributed by atoms with E-state index in [-0.39, 0.29) is 17.8 Å². The molecule has 0 aliphatic rings. The lowest BCUT2D eigenvalue weighted by Gasteiger charge is -2.12. The van der Waals surface area contributed by atoms with E-state index in [2.05, 4.69) is 10.4 Å². The van der Waals surface area contributed by atoms with Crippen LogP contribution in [0.1, 0.15) is 21.7 Å². The second-order valence-corrected chi connectivity index (χ2v) is 6.16. The molecule has 2 aromatic carbocycles. The first kappa shape index (κ1) is 19.0. The maximum atomic E-state index is 14.1. The first-order chi connectivity index (χ1) is 13.3. The molecule has 0 saturated heterocycles. The Morgan fingerprint density at radius 2 is 1.82 bits per heavy atom. The summed E-state index contributed by atoms with van der Waals surface area (Å²) in [6.45, 7) is 1.60. The first-order valence-electron chi connectivity index (χ1n) is 8.39. The van der Waals surface area contributed by atoms with Crippen LogP contribution < -0.4 is 16.5 Å². The molecule has 0 saturated carbocycles. The van der Waals surface area contributed by atoms with Crippen LogP contribution in [0.3, 0.4) is 0 Å². The average Bonchev–Trinajstić information content (AvgIpc) is 2.64. The normalized spacial score (nSPS) is 10.5. The molecule has 1 heterocycles. The molecule has 0 atom stereocenters. The van der Waals surface area contributed by atoms with E-state index >= 15 is 0 Å². The number of anilines is 1. The predicted molar refractivity (Wildman–Crippen MR) is 102 cm³/mol. The van der Waals surface area contributed by atoms with Gasteiger partial charge in [-0.2, -0.15) is 5.10 Å². The van der Waals surface area contributed by atoms with E-state index < -0.39 is 23.1 Å². The van der Waals surface area contributed by atoms with Gasteiger partial charge in [0, 0.05) is 17.4 Å². The SMILES string of the molecule is Cc1cc(=O)c(C(=O)Nc2ccc(CC(N)=O)cc2)nn1-c1ccccc1F. The summed E-state index contributed by atoms with van der Waals surface area (Å²) < 4.78 is 15.3. The minimum Gasteiger partial charge on any atom is -0.369 e. The van der Waals surface area contributed by atoms with Gasteiger partial charge in [-0.1, -0.05) is 24.3 Å². The van der Waals surface area contributed by atoms with Gasteiger partial charge < -0.3 is 11.1 Å². The number of nitrogens with two attached hydrogens (primary N) is 1. The van der Waals surface area contributed by atoms with Gasteiger partial charge in [0.2, 0.25) is 11.3 Å². The quantitative estimate of drug-likeness (QED) is 0.705. The number of rotatable bonds is 5. The number of benzene rings is 2. The molecule has 28 heavy (non-hydrogen) atoms. The minimum atomic E-state index is -0.724. The van der Waals surface area contributed by atoms with E-state index in [1.807, 2.05) is 0 Å². The zero-order chi connectivity index (χ0) is 20.3. The van der Waals surface area contributed by atoms with E-state index in [0.29, 0.717) is 16.9 Å². The fraction of sp³-hybridized carbons (Fsp3) is 0.100. The van der Waals surface area contributed by atoms with Gasteiger partial charge in [-0.05, 0) is 36.8 Å². The zero-order valence-electron chi connectivity index (χ0n) is 15.0. The van der Waals surface area contributed by atoms with Crippen molar-refractivity contribution in [3.8, 4) is 5.69 Å². The number of hydrogen-bond acceptors (Lipinski definition) is 4. The number of halogens is 1. The Hall–Kier alpha value is -3.81. The third-order valence-corrected chi connectivity index (χ3v) is 3.99. The second kappa shape index (κ2) is 7.83. The number of aryl methyl sites for hydroxylation is 1. The van der Waals surface area contributed by atoms with Crippen LogP contribution >= 0.6 is 0 Å². The summed E-state index contributed by atoms with van der Waals surface area (Å²) in [4.78, 5) is 35.7. The van der Waals surface area contributed by atoms with Crippen molar-refractivity contribution < 1.29 is 14.0 Å². The Labute approximate surface area is 159 Å². The van der Waals surface area contributed by atoms with E-state index in [9.17, 15) is 18.8 Å². The van der Waals surface area contributed by atoms with Crippen LogP contribution in [0.4, 0.5) is 10.1 Å². The van der Waals surface area contributed by atoms with Gasteiger partial charge >= 0.3 is 0 Å². The van der Waals surface area contributed by atoms with Gasteiger partial charge in [0.15, 0.2) is 5.69 Å². The van der Waals surface area contributed by atoms with E-state index in [4.69, 9.17) is 5.73 Å². The zero-order valence-corrected chi connectivity index (χ0v) is 15.0. The number of primary amides is 1. The maximum Gasteiger partial charge on any atom is 0.280 e. The molecule has 3 aromatic rings. The van der Waals surface area contributed by atoms with Crippen molar-refractivity contribution in [2.24, 2.45) is 5.73 Å². The van der Waals surface area contributed by atoms with Crippen molar-refractivity contribution in [2.45, 2.75) is 13.3 Å². The van der Waals surface area contributed by atoms with Crippen molar-refractivity contribution >= 4 is 17.5 Å². The number of para-hydroxylation sites is 1. The number of aromatic nitrogens is 2. The summed E-state index contributed by atoms with van der Waals surface area (Å²) in [6.07, 6.45) is 0.0844. The van der Waals surface area contributed by atoms with Gasteiger partial charge in [-0.15, -0.1) is 0 Å². The third kappa shape index (κ3) is 4.12. The number of amides is 2. The topological polar surface area (TPSA) is 107 Å². The third-order valence-electron chi connectivity index (χ3n) is 3.99. The highest BCUT2D eigenvalue weighted by Gasteiger charge is 2.17. The monoisotopic (exact) mass is 380 g/mol. The maximum absolute atomic E-state index is 14.1. The van der Waals surface area contributed by atoms with Gasteiger partial charge in [0.1, 0.15) is 11.5 Å². The molecule has 0 radical (unpaired) electrons. The standard InChI is InChI=1S/C20H17FN4O3/c1-12-10-17(26)19(24-25(12)16-5-3-2-4-15(16)21)20(28)23-14-8-6-13(7-9-14)11-18(22)27/h2-10H,11H2,1H3,(H2,22,27)(H,23,28). The Bertz CT molecular complexity index is 1110. The largest absolute Gasteiger partial charge is 0.369 e. The second-order valence-electron chi connectivity index (χ2n) is 6.16. The van der Waals surface area contributed by atoms with E-state index in [1.54, 1.807) is 37.3 Å². The van der Waals surface area contributed by atoms with Crippen molar-refractivity contribution in [3.05, 3.63) is 87.6 Å². The molecule has 0 bridgehead atoms. The molecule has 3 rings (SSSR count). The van der Waals surface area contributed by atoms with Gasteiger partial charge in [0.05, 0.1) is 6.42 Å². The number of nitrogens with one attached hydrogen (secondary N) is 1. The highest BCUT2D eigenvalue weighted by Crippen LogP contribution is 2.14. The Balaban J connectivity index is 1.90. The molecule has 0 unspecified atom stereocenters. The van der Waals surface area contributed by atoms with Crippen molar-refractivity contribution in [3.63, 3.8) is 0 Å². The molecule has 8 heteroatoms. The Morgan fingerprint density at radius 3 is 2.46 bits per heavy atom. The van der Waals surface area contributed by atoms with Crippen molar-refractivity contribution in [2.75, 3.05) is 5.32 Å². The van der Waals surface area contributed by atoms with Crippen LogP contribution in [0.2, 0.25) is 0 Å². The van der Waals surface area contributed by atoms with E-state index in [0.717, 1.165) is 0 Å². The fourth-order valence-electron chi connectivity index (χ4n) is 2.67. The molecule has 3 N–H and O–H groups in total. The molecule has 0 spiro atoms. The summed E-state index contributed by atoms with van der Waals surface area (Å²) in [5.74, 6) is -1.72. The van der Waals surface area contributed by atoms with Gasteiger partial charge in [0.25, 0.3) is 5.91 Å². The first-order valence-corrected chi connectivity index (χ1v) is 8.39. The summed E-state index contributed by atoms with van der Waals surface area (Å²) in [5.41, 5.74) is 5.83. The minimum absolute atomic E-state index is 0.0844. The summed E-state index contributed by atoms with van der Waals surface area (Å²) >= 11 is 0. The van der Waals surface area contributed by atoms with Gasteiger partial charge in [-0.25, -0.2) is 9.07 Å². The molecule has 142 valence electrons. The van der Waals surface area contributed by atoms with Crippen LogP contribution in [0.5, 0.6) is 0 Å². The molecule has 0 fully saturated rings. The molecule has 1 aromatic heterocycles. The molecule has 7 nitrogen and oxygen atoms in total. The lowest BCUT2D eigenvalue weighted by Crippen LogP contribution is -2.27. The lowest BCUT2D eigenvalue weighted by molar-refractivity contribution is -0.117. The fourth-order valence-corrected chi connectivity index (χ4v) is 2.67. The molecule has 0 aliphatic heterocycles. The number of hydrogen-bond donors (Lipinski definition) is 2. The highest BCUT2D eigenvalue weighted by molar-refractivity contribution is 6.02. The van der Waals surface area contributed by atoms with Crippen LogP contribution in [-0.4, -0.2) is 21.6 Å². The highest BCUT2D eigenvalue weighted by atomic mass is 19.1. The summed E-state index contributed by atoms with van der Waals surface area (Å²) in [7, 11) is 0. The van der Waals surface area contributed by atoms with Crippen molar-refractivity contribution in [1.29, 1.82) is 0 Å². The smallest absolute Gasteiger partial charge is 0.280 e. The Morgan fingerprint density at radius 1 is 1.14 bits per heavy atom. The summed E-state index contributed by atoms with van der Waals surface area (Å²) in [5, 5.41) is 6.61. The number of carbonyl (C=O) groups is 2. The van der Waals surface area contributed by atoms with Crippen LogP contribution in [-0.2, 0) is 11.2 Å². The molecule has 2 amide bonds. The number of carbonyl (C=O) groups excluding carboxylic acids is 2. The Kier molecular flexibility index (Phi) is 5.30. The van der Waals surface area contributed by atoms with E-state index in [1.165, 1.54) is 28.9 Å². The average molecular weight is 380 g/mol. The van der Waals surface area contributed by atoms with Crippen LogP contribution in [0, 0.1) is 12.7 Å². The molecular formula is C20H17FN4O3.